The molecule has 0 saturated heterocycles. The quantitative estimate of drug-likeness (QED) is 0.554. The molecule has 2 aromatic carbocycles. The second-order valence-electron chi connectivity index (χ2n) is 4.49. The van der Waals surface area contributed by atoms with E-state index in [1.165, 1.54) is 0 Å². The van der Waals surface area contributed by atoms with Crippen molar-refractivity contribution >= 4 is 28.8 Å². The number of benzene rings is 2. The summed E-state index contributed by atoms with van der Waals surface area (Å²) < 4.78 is 0. The van der Waals surface area contributed by atoms with Gasteiger partial charge in [-0.25, -0.2) is 9.78 Å². The third kappa shape index (κ3) is 2.59. The van der Waals surface area contributed by atoms with E-state index >= 15 is 0 Å². The Morgan fingerprint density at radius 3 is 2.62 bits per heavy atom. The van der Waals surface area contributed by atoms with Gasteiger partial charge in [0.15, 0.2) is 0 Å². The summed E-state index contributed by atoms with van der Waals surface area (Å²) in [5.41, 5.74) is 3.28. The highest BCUT2D eigenvalue weighted by molar-refractivity contribution is 6.12. The number of H-pyrrole nitrogens is 1. The lowest BCUT2D eigenvalue weighted by Crippen LogP contribution is -2.08. The van der Waals surface area contributed by atoms with Crippen molar-refractivity contribution in [1.29, 1.82) is 5.41 Å². The second kappa shape index (κ2) is 5.09. The molecule has 1 aromatic heterocycles. The highest BCUT2D eigenvalue weighted by Crippen LogP contribution is 2.18. The minimum atomic E-state index is -1.17. The van der Waals surface area contributed by atoms with E-state index in [0.717, 1.165) is 11.1 Å². The standard InChI is InChI=1S/C15H12N4O2/c16-13(9-4-2-1-3-5-9)10-6-7-11-12(8-10)18-14(17-11)19-15(20)21/h1-8,16H,(H,20,21)(H2,17,18,19). The molecule has 0 radical (unpaired) electrons. The fourth-order valence-electron chi connectivity index (χ4n) is 2.10. The van der Waals surface area contributed by atoms with Gasteiger partial charge < -0.3 is 10.1 Å². The number of hydrogen-bond acceptors (Lipinski definition) is 3. The fraction of sp³-hybridized carbons (Fsp3) is 0. The second-order valence-corrected chi connectivity index (χ2v) is 4.49. The molecule has 0 spiro atoms. The summed E-state index contributed by atoms with van der Waals surface area (Å²) in [6.45, 7) is 0. The molecule has 104 valence electrons. The number of carbonyl (C=O) groups is 1. The molecular formula is C15H12N4O2. The highest BCUT2D eigenvalue weighted by atomic mass is 16.4. The van der Waals surface area contributed by atoms with Crippen LogP contribution in [-0.2, 0) is 0 Å². The van der Waals surface area contributed by atoms with Crippen LogP contribution in [0.2, 0.25) is 0 Å². The predicted octanol–water partition coefficient (Wildman–Crippen LogP) is 3.07. The molecule has 21 heavy (non-hydrogen) atoms. The zero-order chi connectivity index (χ0) is 14.8. The zero-order valence-electron chi connectivity index (χ0n) is 10.9. The Bertz CT molecular complexity index is 824. The van der Waals surface area contributed by atoms with Gasteiger partial charge in [0, 0.05) is 5.56 Å². The van der Waals surface area contributed by atoms with Crippen LogP contribution in [0, 0.1) is 5.41 Å². The Labute approximate surface area is 120 Å². The van der Waals surface area contributed by atoms with Gasteiger partial charge in [-0.2, -0.15) is 0 Å². The largest absolute Gasteiger partial charge is 0.465 e. The number of amides is 1. The van der Waals surface area contributed by atoms with Gasteiger partial charge in [0.25, 0.3) is 0 Å². The van der Waals surface area contributed by atoms with Crippen molar-refractivity contribution in [3.8, 4) is 0 Å². The first-order valence-electron chi connectivity index (χ1n) is 6.27. The fourth-order valence-corrected chi connectivity index (χ4v) is 2.10. The number of aromatic nitrogens is 2. The molecule has 3 aromatic rings. The normalized spacial score (nSPS) is 10.5. The van der Waals surface area contributed by atoms with Gasteiger partial charge in [0.05, 0.1) is 16.7 Å². The first kappa shape index (κ1) is 12.9. The molecule has 0 aliphatic rings. The minimum Gasteiger partial charge on any atom is -0.465 e. The average Bonchev–Trinajstić information content (AvgIpc) is 2.87. The maximum absolute atomic E-state index is 10.6. The number of hydrogen-bond donors (Lipinski definition) is 4. The number of rotatable bonds is 3. The maximum Gasteiger partial charge on any atom is 0.411 e. The van der Waals surface area contributed by atoms with Crippen molar-refractivity contribution < 1.29 is 9.90 Å². The molecule has 1 amide bonds. The van der Waals surface area contributed by atoms with E-state index in [9.17, 15) is 4.79 Å². The van der Waals surface area contributed by atoms with Crippen LogP contribution in [0.4, 0.5) is 10.7 Å². The molecule has 3 rings (SSSR count). The van der Waals surface area contributed by atoms with E-state index in [4.69, 9.17) is 10.5 Å². The average molecular weight is 280 g/mol. The van der Waals surface area contributed by atoms with E-state index in [2.05, 4.69) is 15.3 Å². The van der Waals surface area contributed by atoms with Gasteiger partial charge in [-0.15, -0.1) is 0 Å². The van der Waals surface area contributed by atoms with Crippen LogP contribution in [0.5, 0.6) is 0 Å². The monoisotopic (exact) mass is 280 g/mol. The summed E-state index contributed by atoms with van der Waals surface area (Å²) in [6.07, 6.45) is -1.17. The molecule has 0 unspecified atom stereocenters. The predicted molar refractivity (Wildman–Crippen MR) is 80.1 cm³/mol. The van der Waals surface area contributed by atoms with E-state index < -0.39 is 6.09 Å². The zero-order valence-corrected chi connectivity index (χ0v) is 10.9. The Balaban J connectivity index is 1.97. The molecule has 0 saturated carbocycles. The number of carboxylic acid groups (broad SMARTS) is 1. The molecule has 6 heteroatoms. The van der Waals surface area contributed by atoms with Crippen molar-refractivity contribution in [2.45, 2.75) is 0 Å². The van der Waals surface area contributed by atoms with Crippen LogP contribution < -0.4 is 5.32 Å². The third-order valence-corrected chi connectivity index (χ3v) is 3.06. The lowest BCUT2D eigenvalue weighted by molar-refractivity contribution is 0.209. The number of imidazole rings is 1. The van der Waals surface area contributed by atoms with Crippen LogP contribution in [0.3, 0.4) is 0 Å². The third-order valence-electron chi connectivity index (χ3n) is 3.06. The first-order valence-corrected chi connectivity index (χ1v) is 6.27. The van der Waals surface area contributed by atoms with Gasteiger partial charge >= 0.3 is 6.09 Å². The van der Waals surface area contributed by atoms with E-state index in [1.807, 2.05) is 30.3 Å². The van der Waals surface area contributed by atoms with Crippen LogP contribution in [0.25, 0.3) is 11.0 Å². The van der Waals surface area contributed by atoms with Gasteiger partial charge in [0.1, 0.15) is 0 Å². The lowest BCUT2D eigenvalue weighted by atomic mass is 10.0. The molecule has 0 fully saturated rings. The van der Waals surface area contributed by atoms with Crippen LogP contribution >= 0.6 is 0 Å². The van der Waals surface area contributed by atoms with E-state index in [1.54, 1.807) is 18.2 Å². The Hall–Kier alpha value is -3.15. The summed E-state index contributed by atoms with van der Waals surface area (Å²) in [5.74, 6) is 0.167. The van der Waals surface area contributed by atoms with Crippen molar-refractivity contribution in [3.63, 3.8) is 0 Å². The van der Waals surface area contributed by atoms with E-state index in [0.29, 0.717) is 16.7 Å². The molecule has 0 aliphatic carbocycles. The molecule has 0 aliphatic heterocycles. The molecule has 0 bridgehead atoms. The van der Waals surface area contributed by atoms with Crippen LogP contribution in [0.1, 0.15) is 11.1 Å². The SMILES string of the molecule is N=C(c1ccccc1)c1ccc2nc(NC(=O)O)[nH]c2c1. The van der Waals surface area contributed by atoms with Crippen LogP contribution in [0.15, 0.2) is 48.5 Å². The Morgan fingerprint density at radius 2 is 1.90 bits per heavy atom. The van der Waals surface area contributed by atoms with Gasteiger partial charge in [-0.05, 0) is 17.7 Å². The van der Waals surface area contributed by atoms with Gasteiger partial charge in [-0.3, -0.25) is 10.7 Å². The van der Waals surface area contributed by atoms with Crippen molar-refractivity contribution in [1.82, 2.24) is 9.97 Å². The molecule has 0 atom stereocenters. The highest BCUT2D eigenvalue weighted by Gasteiger charge is 2.09. The smallest absolute Gasteiger partial charge is 0.411 e. The Morgan fingerprint density at radius 1 is 1.14 bits per heavy atom. The summed E-state index contributed by atoms with van der Waals surface area (Å²) in [6, 6.07) is 14.7. The van der Waals surface area contributed by atoms with Crippen LogP contribution in [-0.4, -0.2) is 26.9 Å². The number of anilines is 1. The molecular weight excluding hydrogens is 268 g/mol. The first-order chi connectivity index (χ1) is 10.1. The van der Waals surface area contributed by atoms with Crippen molar-refractivity contribution in [3.05, 3.63) is 59.7 Å². The van der Waals surface area contributed by atoms with Gasteiger partial charge in [-0.1, -0.05) is 36.4 Å². The number of aromatic amines is 1. The summed E-state index contributed by atoms with van der Waals surface area (Å²) in [7, 11) is 0. The number of fused-ring (bicyclic) bond motifs is 1. The molecule has 6 nitrogen and oxygen atoms in total. The minimum absolute atomic E-state index is 0.167. The van der Waals surface area contributed by atoms with Crippen molar-refractivity contribution in [2.75, 3.05) is 5.32 Å². The van der Waals surface area contributed by atoms with E-state index in [-0.39, 0.29) is 5.95 Å². The summed E-state index contributed by atoms with van der Waals surface area (Å²) in [5, 5.41) is 19.1. The number of nitrogens with one attached hydrogen (secondary N) is 3. The maximum atomic E-state index is 10.6. The number of nitrogens with zero attached hydrogens (tertiary/aromatic N) is 1. The summed E-state index contributed by atoms with van der Waals surface area (Å²) >= 11 is 0. The topological polar surface area (TPSA) is 102 Å². The molecule has 4 N–H and O–H groups in total. The van der Waals surface area contributed by atoms with Gasteiger partial charge in [0.2, 0.25) is 5.95 Å². The molecule has 1 heterocycles. The lowest BCUT2D eigenvalue weighted by Gasteiger charge is -2.04. The van der Waals surface area contributed by atoms with Crippen molar-refractivity contribution in [2.24, 2.45) is 0 Å². The summed E-state index contributed by atoms with van der Waals surface area (Å²) in [4.78, 5) is 17.6. The Kier molecular flexibility index (Phi) is 3.12.